The van der Waals surface area contributed by atoms with E-state index in [2.05, 4.69) is 14.7 Å². The summed E-state index contributed by atoms with van der Waals surface area (Å²) in [6, 6.07) is 6.26. The molecule has 0 bridgehead atoms. The molecule has 0 saturated carbocycles. The number of aryl methyl sites for hydroxylation is 1. The van der Waals surface area contributed by atoms with Crippen LogP contribution in [-0.2, 0) is 22.6 Å². The van der Waals surface area contributed by atoms with Crippen LogP contribution in [0.25, 0.3) is 11.3 Å². The molecule has 2 aromatic heterocycles. The number of imidazole rings is 1. The van der Waals surface area contributed by atoms with Crippen LogP contribution in [0.3, 0.4) is 0 Å². The molecule has 42 heavy (non-hydrogen) atoms. The average molecular weight is 594 g/mol. The van der Waals surface area contributed by atoms with E-state index in [9.17, 15) is 27.6 Å². The van der Waals surface area contributed by atoms with Gasteiger partial charge in [0, 0.05) is 43.9 Å². The second-order valence-electron chi connectivity index (χ2n) is 9.60. The minimum Gasteiger partial charge on any atom is -0.481 e. The number of carboxylic acids is 1. The zero-order valence-electron chi connectivity index (χ0n) is 22.1. The summed E-state index contributed by atoms with van der Waals surface area (Å²) < 4.78 is 63.3. The summed E-state index contributed by atoms with van der Waals surface area (Å²) in [7, 11) is 0. The maximum atomic E-state index is 15.1. The minimum atomic E-state index is -4.83. The van der Waals surface area contributed by atoms with Gasteiger partial charge in [-0.25, -0.2) is 14.4 Å². The lowest BCUT2D eigenvalue weighted by Crippen LogP contribution is -2.49. The van der Waals surface area contributed by atoms with Crippen LogP contribution < -0.4 is 15.2 Å². The number of carboxylic acid groups (broad SMARTS) is 1. The lowest BCUT2D eigenvalue weighted by molar-refractivity contribution is -0.274. The second kappa shape index (κ2) is 12.9. The quantitative estimate of drug-likeness (QED) is 0.322. The van der Waals surface area contributed by atoms with Gasteiger partial charge in [-0.3, -0.25) is 14.4 Å². The van der Waals surface area contributed by atoms with E-state index in [0.717, 1.165) is 12.1 Å². The number of carbonyl (C=O) groups excluding carboxylic acids is 2. The molecular weight excluding hydrogens is 566 g/mol. The van der Waals surface area contributed by atoms with E-state index in [0.29, 0.717) is 29.8 Å². The number of hydrogen-bond donors (Lipinski definition) is 2. The summed E-state index contributed by atoms with van der Waals surface area (Å²) >= 11 is 0. The van der Waals surface area contributed by atoms with Crippen molar-refractivity contribution in [2.24, 2.45) is 5.73 Å². The minimum absolute atomic E-state index is 0.00750. The average Bonchev–Trinajstić information content (AvgIpc) is 3.39. The number of primary amides is 1. The SMILES string of the molecule is NC(=O)c1cc(-c2cn(CCCC(=O)O)cn2)cnc1O[C@@H]1CCN(C(=O)Cc2ccc(OC(F)(F)F)cc2)C[C@H]1F. The monoisotopic (exact) mass is 593 g/mol. The highest BCUT2D eigenvalue weighted by atomic mass is 19.4. The number of aliphatic carboxylic acids is 1. The maximum Gasteiger partial charge on any atom is 0.573 e. The number of aromatic nitrogens is 3. The van der Waals surface area contributed by atoms with E-state index in [4.69, 9.17) is 15.6 Å². The molecule has 11 nitrogen and oxygen atoms in total. The van der Waals surface area contributed by atoms with Crippen LogP contribution in [0.4, 0.5) is 17.6 Å². The Hall–Kier alpha value is -4.69. The molecular formula is C27H27F4N5O6. The molecule has 0 radical (unpaired) electrons. The molecule has 3 aromatic rings. The van der Waals surface area contributed by atoms with Crippen molar-refractivity contribution in [3.8, 4) is 22.9 Å². The van der Waals surface area contributed by atoms with Gasteiger partial charge in [-0.1, -0.05) is 12.1 Å². The number of rotatable bonds is 11. The molecule has 3 heterocycles. The molecule has 0 aliphatic carbocycles. The number of amides is 2. The highest BCUT2D eigenvalue weighted by molar-refractivity contribution is 5.96. The summed E-state index contributed by atoms with van der Waals surface area (Å²) in [4.78, 5) is 45.3. The zero-order valence-corrected chi connectivity index (χ0v) is 22.1. The summed E-state index contributed by atoms with van der Waals surface area (Å²) in [5.41, 5.74) is 6.78. The van der Waals surface area contributed by atoms with E-state index in [-0.39, 0.29) is 43.8 Å². The van der Waals surface area contributed by atoms with Gasteiger partial charge in [0.15, 0.2) is 6.17 Å². The van der Waals surface area contributed by atoms with Gasteiger partial charge in [0.25, 0.3) is 5.91 Å². The molecule has 1 aliphatic rings. The van der Waals surface area contributed by atoms with Gasteiger partial charge in [-0.05, 0) is 30.2 Å². The Morgan fingerprint density at radius 1 is 1.14 bits per heavy atom. The van der Waals surface area contributed by atoms with E-state index in [1.165, 1.54) is 35.6 Å². The third-order valence-electron chi connectivity index (χ3n) is 6.46. The maximum absolute atomic E-state index is 15.1. The largest absolute Gasteiger partial charge is 0.573 e. The first kappa shape index (κ1) is 30.3. The molecule has 224 valence electrons. The summed E-state index contributed by atoms with van der Waals surface area (Å²) in [6.45, 7) is 0.281. The van der Waals surface area contributed by atoms with Crippen molar-refractivity contribution in [2.75, 3.05) is 13.1 Å². The van der Waals surface area contributed by atoms with Crippen LogP contribution in [0.2, 0.25) is 0 Å². The normalized spacial score (nSPS) is 17.1. The predicted molar refractivity (Wildman–Crippen MR) is 138 cm³/mol. The first-order chi connectivity index (χ1) is 19.9. The number of alkyl halides is 4. The van der Waals surface area contributed by atoms with E-state index < -0.39 is 42.2 Å². The Morgan fingerprint density at radius 2 is 1.88 bits per heavy atom. The van der Waals surface area contributed by atoms with Crippen LogP contribution in [0.1, 0.15) is 35.2 Å². The van der Waals surface area contributed by atoms with Gasteiger partial charge in [0.1, 0.15) is 17.4 Å². The first-order valence-corrected chi connectivity index (χ1v) is 12.8. The van der Waals surface area contributed by atoms with E-state index >= 15 is 4.39 Å². The summed E-state index contributed by atoms with van der Waals surface area (Å²) in [5.74, 6) is -2.75. The number of likely N-dealkylation sites (tertiary alicyclic amines) is 1. The summed E-state index contributed by atoms with van der Waals surface area (Å²) in [5, 5.41) is 8.78. The van der Waals surface area contributed by atoms with Crippen molar-refractivity contribution >= 4 is 17.8 Å². The van der Waals surface area contributed by atoms with Crippen molar-refractivity contribution in [2.45, 2.75) is 50.9 Å². The van der Waals surface area contributed by atoms with Crippen molar-refractivity contribution in [3.63, 3.8) is 0 Å². The van der Waals surface area contributed by atoms with E-state index in [1.54, 1.807) is 10.8 Å². The molecule has 1 fully saturated rings. The summed E-state index contributed by atoms with van der Waals surface area (Å²) in [6.07, 6.45) is -2.52. The highest BCUT2D eigenvalue weighted by Gasteiger charge is 2.34. The lowest BCUT2D eigenvalue weighted by Gasteiger charge is -2.34. The topological polar surface area (TPSA) is 150 Å². The molecule has 2 atom stereocenters. The first-order valence-electron chi connectivity index (χ1n) is 12.8. The number of benzene rings is 1. The number of nitrogens with two attached hydrogens (primary N) is 1. The van der Waals surface area contributed by atoms with Gasteiger partial charge in [0.05, 0.1) is 25.0 Å². The molecule has 15 heteroatoms. The van der Waals surface area contributed by atoms with Crippen molar-refractivity contribution in [1.82, 2.24) is 19.4 Å². The fourth-order valence-corrected chi connectivity index (χ4v) is 4.39. The van der Waals surface area contributed by atoms with Crippen LogP contribution in [-0.4, -0.2) is 74.1 Å². The number of hydrogen-bond acceptors (Lipinski definition) is 7. The van der Waals surface area contributed by atoms with Gasteiger partial charge < -0.3 is 29.8 Å². The number of halogens is 4. The van der Waals surface area contributed by atoms with Crippen LogP contribution in [0.15, 0.2) is 49.1 Å². The predicted octanol–water partition coefficient (Wildman–Crippen LogP) is 3.37. The fourth-order valence-electron chi connectivity index (χ4n) is 4.39. The van der Waals surface area contributed by atoms with Gasteiger partial charge in [-0.15, -0.1) is 13.2 Å². The van der Waals surface area contributed by atoms with Crippen molar-refractivity contribution in [3.05, 3.63) is 60.2 Å². The smallest absolute Gasteiger partial charge is 0.481 e. The number of piperidine rings is 1. The fraction of sp³-hybridized carbons (Fsp3) is 0.370. The standard InChI is InChI=1S/C27H27F4N5O6/c28-20-13-36(23(37)10-16-3-5-18(6-4-16)42-27(29,30)31)9-7-22(20)41-26-19(25(32)40)11-17(12-33-26)21-14-35(15-34-21)8-1-2-24(38)39/h3-6,11-12,14-15,20,22H,1-2,7-10,13H2,(H2,32,40)(H,38,39)/t20-,22-/m1/s1. The zero-order chi connectivity index (χ0) is 30.4. The Labute approximate surface area is 236 Å². The molecule has 0 spiro atoms. The van der Waals surface area contributed by atoms with E-state index in [1.807, 2.05) is 0 Å². The third-order valence-corrected chi connectivity index (χ3v) is 6.46. The molecule has 1 aromatic carbocycles. The number of nitrogens with zero attached hydrogens (tertiary/aromatic N) is 4. The third kappa shape index (κ3) is 8.17. The van der Waals surface area contributed by atoms with Crippen LogP contribution in [0, 0.1) is 0 Å². The Balaban J connectivity index is 1.35. The van der Waals surface area contributed by atoms with Crippen molar-refractivity contribution < 1.29 is 46.5 Å². The van der Waals surface area contributed by atoms with Crippen LogP contribution >= 0.6 is 0 Å². The molecule has 0 unspecified atom stereocenters. The Bertz CT molecular complexity index is 1430. The van der Waals surface area contributed by atoms with Gasteiger partial charge >= 0.3 is 12.3 Å². The second-order valence-corrected chi connectivity index (χ2v) is 9.60. The van der Waals surface area contributed by atoms with Crippen molar-refractivity contribution in [1.29, 1.82) is 0 Å². The molecule has 4 rings (SSSR count). The Morgan fingerprint density at radius 3 is 2.52 bits per heavy atom. The van der Waals surface area contributed by atoms with Gasteiger partial charge in [-0.2, -0.15) is 0 Å². The number of ether oxygens (including phenoxy) is 2. The molecule has 2 amide bonds. The molecule has 3 N–H and O–H groups in total. The number of carbonyl (C=O) groups is 3. The Kier molecular flexibility index (Phi) is 9.28. The highest BCUT2D eigenvalue weighted by Crippen LogP contribution is 2.27. The number of pyridine rings is 1. The van der Waals surface area contributed by atoms with Gasteiger partial charge in [0.2, 0.25) is 11.8 Å². The van der Waals surface area contributed by atoms with Crippen LogP contribution in [0.5, 0.6) is 11.6 Å². The molecule has 1 saturated heterocycles. The molecule has 1 aliphatic heterocycles. The lowest BCUT2D eigenvalue weighted by atomic mass is 10.0.